The van der Waals surface area contributed by atoms with E-state index in [4.69, 9.17) is 9.52 Å². The maximum absolute atomic E-state index is 12.3. The van der Waals surface area contributed by atoms with Gasteiger partial charge in [-0.25, -0.2) is 8.42 Å². The Morgan fingerprint density at radius 2 is 1.96 bits per heavy atom. The predicted molar refractivity (Wildman–Crippen MR) is 77.1 cm³/mol. The van der Waals surface area contributed by atoms with Crippen LogP contribution in [0, 0.1) is 10.1 Å². The number of carboxylic acids is 1. The molecule has 1 heterocycles. The van der Waals surface area contributed by atoms with Crippen LogP contribution >= 0.6 is 0 Å². The van der Waals surface area contributed by atoms with Crippen molar-refractivity contribution in [2.24, 2.45) is 0 Å². The molecule has 0 radical (unpaired) electrons. The Kier molecular flexibility index (Phi) is 4.77. The summed E-state index contributed by atoms with van der Waals surface area (Å²) in [6, 6.07) is 6.10. The zero-order chi connectivity index (χ0) is 17.0. The Hall–Kier alpha value is -2.72. The molecule has 0 unspecified atom stereocenters. The first-order chi connectivity index (χ1) is 10.8. The van der Waals surface area contributed by atoms with Crippen molar-refractivity contribution < 1.29 is 27.7 Å². The highest BCUT2D eigenvalue weighted by Gasteiger charge is 2.25. The van der Waals surface area contributed by atoms with E-state index < -0.39 is 33.4 Å². The number of non-ortho nitro benzene ring substituents is 1. The number of nitrogens with one attached hydrogen (secondary N) is 1. The Labute approximate surface area is 130 Å². The van der Waals surface area contributed by atoms with Crippen LogP contribution in [0.3, 0.4) is 0 Å². The molecule has 23 heavy (non-hydrogen) atoms. The number of carboxylic acid groups (broad SMARTS) is 1. The van der Waals surface area contributed by atoms with Crippen molar-refractivity contribution in [3.05, 3.63) is 58.5 Å². The maximum Gasteiger partial charge on any atom is 0.305 e. The molecule has 0 spiro atoms. The topological polar surface area (TPSA) is 140 Å². The second-order valence-corrected chi connectivity index (χ2v) is 6.25. The number of hydrogen-bond donors (Lipinski definition) is 2. The van der Waals surface area contributed by atoms with E-state index in [0.717, 1.165) is 24.3 Å². The number of hydrogen-bond acceptors (Lipinski definition) is 6. The average Bonchev–Trinajstić information content (AvgIpc) is 3.00. The van der Waals surface area contributed by atoms with Crippen LogP contribution < -0.4 is 4.72 Å². The number of nitro groups is 1. The third kappa shape index (κ3) is 4.14. The molecule has 2 aromatic rings. The molecule has 0 bridgehead atoms. The van der Waals surface area contributed by atoms with Crippen molar-refractivity contribution in [1.29, 1.82) is 0 Å². The maximum atomic E-state index is 12.3. The van der Waals surface area contributed by atoms with Crippen molar-refractivity contribution in [2.45, 2.75) is 17.4 Å². The predicted octanol–water partition coefficient (Wildman–Crippen LogP) is 1.68. The number of rotatable bonds is 7. The summed E-state index contributed by atoms with van der Waals surface area (Å²) in [5.74, 6) is -1.06. The average molecular weight is 340 g/mol. The van der Waals surface area contributed by atoms with Crippen LogP contribution in [0.5, 0.6) is 0 Å². The quantitative estimate of drug-likeness (QED) is 0.577. The lowest BCUT2D eigenvalue weighted by atomic mass is 10.2. The minimum atomic E-state index is -4.07. The summed E-state index contributed by atoms with van der Waals surface area (Å²) < 4.78 is 31.8. The Morgan fingerprint density at radius 3 is 2.43 bits per heavy atom. The number of furan rings is 1. The van der Waals surface area contributed by atoms with Gasteiger partial charge in [0, 0.05) is 12.1 Å². The van der Waals surface area contributed by atoms with Gasteiger partial charge in [-0.1, -0.05) is 0 Å². The van der Waals surface area contributed by atoms with E-state index in [0.29, 0.717) is 0 Å². The molecule has 1 aromatic carbocycles. The van der Waals surface area contributed by atoms with E-state index in [1.54, 1.807) is 0 Å². The summed E-state index contributed by atoms with van der Waals surface area (Å²) in [7, 11) is -4.07. The summed E-state index contributed by atoms with van der Waals surface area (Å²) in [4.78, 5) is 20.6. The molecule has 10 heteroatoms. The minimum Gasteiger partial charge on any atom is -0.481 e. The molecule has 0 saturated heterocycles. The summed E-state index contributed by atoms with van der Waals surface area (Å²) in [5, 5.41) is 19.5. The van der Waals surface area contributed by atoms with Gasteiger partial charge in [0.25, 0.3) is 5.69 Å². The SMILES string of the molecule is O=C(O)C[C@@H](NS(=O)(=O)c1ccc([N+](=O)[O-])cc1)c1ccco1. The number of nitro benzene ring substituents is 1. The molecule has 0 aliphatic rings. The third-order valence-electron chi connectivity index (χ3n) is 2.92. The molecule has 1 atom stereocenters. The summed E-state index contributed by atoms with van der Waals surface area (Å²) in [5.41, 5.74) is -0.253. The first-order valence-corrected chi connectivity index (χ1v) is 7.80. The smallest absolute Gasteiger partial charge is 0.305 e. The van der Waals surface area contributed by atoms with E-state index in [-0.39, 0.29) is 16.3 Å². The lowest BCUT2D eigenvalue weighted by Crippen LogP contribution is -2.30. The summed E-state index contributed by atoms with van der Waals surface area (Å²) >= 11 is 0. The molecule has 0 fully saturated rings. The highest BCUT2D eigenvalue weighted by atomic mass is 32.2. The third-order valence-corrected chi connectivity index (χ3v) is 4.41. The molecule has 1 aromatic heterocycles. The van der Waals surface area contributed by atoms with Crippen molar-refractivity contribution in [1.82, 2.24) is 4.72 Å². The number of carbonyl (C=O) groups is 1. The van der Waals surface area contributed by atoms with Crippen LogP contribution in [0.4, 0.5) is 5.69 Å². The van der Waals surface area contributed by atoms with Crippen molar-refractivity contribution in [3.8, 4) is 0 Å². The van der Waals surface area contributed by atoms with Crippen LogP contribution in [0.2, 0.25) is 0 Å². The fourth-order valence-electron chi connectivity index (χ4n) is 1.87. The summed E-state index contributed by atoms with van der Waals surface area (Å²) in [6.07, 6.45) is 0.782. The fourth-order valence-corrected chi connectivity index (χ4v) is 3.07. The van der Waals surface area contributed by atoms with E-state index in [1.165, 1.54) is 18.4 Å². The van der Waals surface area contributed by atoms with Gasteiger partial charge in [0.2, 0.25) is 10.0 Å². The number of sulfonamides is 1. The summed E-state index contributed by atoms with van der Waals surface area (Å²) in [6.45, 7) is 0. The van der Waals surface area contributed by atoms with Crippen LogP contribution in [-0.4, -0.2) is 24.4 Å². The molecule has 0 aliphatic heterocycles. The van der Waals surface area contributed by atoms with Crippen LogP contribution in [0.1, 0.15) is 18.2 Å². The second-order valence-electron chi connectivity index (χ2n) is 4.54. The Morgan fingerprint density at radius 1 is 1.30 bits per heavy atom. The normalized spacial score (nSPS) is 12.7. The molecule has 2 N–H and O–H groups in total. The van der Waals surface area contributed by atoms with Gasteiger partial charge in [0.15, 0.2) is 0 Å². The van der Waals surface area contributed by atoms with Crippen molar-refractivity contribution in [2.75, 3.05) is 0 Å². The minimum absolute atomic E-state index is 0.151. The van der Waals surface area contributed by atoms with E-state index in [1.807, 2.05) is 0 Å². The van der Waals surface area contributed by atoms with E-state index in [9.17, 15) is 23.3 Å². The molecule has 0 saturated carbocycles. The highest BCUT2D eigenvalue weighted by molar-refractivity contribution is 7.89. The highest BCUT2D eigenvalue weighted by Crippen LogP contribution is 2.22. The van der Waals surface area contributed by atoms with Gasteiger partial charge in [-0.3, -0.25) is 14.9 Å². The van der Waals surface area contributed by atoms with Crippen LogP contribution in [0.25, 0.3) is 0 Å². The lowest BCUT2D eigenvalue weighted by Gasteiger charge is -2.14. The molecule has 0 aliphatic carbocycles. The lowest BCUT2D eigenvalue weighted by molar-refractivity contribution is -0.384. The zero-order valence-electron chi connectivity index (χ0n) is 11.6. The fraction of sp³-hybridized carbons (Fsp3) is 0.154. The van der Waals surface area contributed by atoms with Gasteiger partial charge in [-0.15, -0.1) is 0 Å². The van der Waals surface area contributed by atoms with Crippen molar-refractivity contribution in [3.63, 3.8) is 0 Å². The van der Waals surface area contributed by atoms with Gasteiger partial charge >= 0.3 is 5.97 Å². The molecule has 0 amide bonds. The first-order valence-electron chi connectivity index (χ1n) is 6.31. The largest absolute Gasteiger partial charge is 0.481 e. The number of aliphatic carboxylic acids is 1. The van der Waals surface area contributed by atoms with Crippen LogP contribution in [-0.2, 0) is 14.8 Å². The molecular weight excluding hydrogens is 328 g/mol. The van der Waals surface area contributed by atoms with Gasteiger partial charge in [0.1, 0.15) is 5.76 Å². The van der Waals surface area contributed by atoms with E-state index in [2.05, 4.69) is 4.72 Å². The van der Waals surface area contributed by atoms with Crippen LogP contribution in [0.15, 0.2) is 52.0 Å². The Balaban J connectivity index is 2.27. The molecule has 122 valence electrons. The molecule has 2 rings (SSSR count). The van der Waals surface area contributed by atoms with Gasteiger partial charge < -0.3 is 9.52 Å². The standard InChI is InChI=1S/C13H12N2O7S/c16-13(17)8-11(12-2-1-7-22-12)14-23(20,21)10-5-3-9(4-6-10)15(18)19/h1-7,11,14H,8H2,(H,16,17)/t11-/m1/s1. The van der Waals surface area contributed by atoms with Crippen molar-refractivity contribution >= 4 is 21.7 Å². The number of nitrogens with zero attached hydrogens (tertiary/aromatic N) is 1. The number of benzene rings is 1. The first kappa shape index (κ1) is 16.6. The second kappa shape index (κ2) is 6.58. The monoisotopic (exact) mass is 340 g/mol. The van der Waals surface area contributed by atoms with Gasteiger partial charge in [0.05, 0.1) is 28.5 Å². The van der Waals surface area contributed by atoms with Gasteiger partial charge in [-0.05, 0) is 24.3 Å². The Bertz CT molecular complexity index is 797. The molecular formula is C13H12N2O7S. The molecule has 9 nitrogen and oxygen atoms in total. The van der Waals surface area contributed by atoms with E-state index >= 15 is 0 Å². The van der Waals surface area contributed by atoms with Gasteiger partial charge in [-0.2, -0.15) is 4.72 Å². The zero-order valence-corrected chi connectivity index (χ0v) is 12.4.